The Morgan fingerprint density at radius 1 is 0.397 bits per heavy atom. The predicted molar refractivity (Wildman–Crippen MR) is 242 cm³/mol. The summed E-state index contributed by atoms with van der Waals surface area (Å²) in [5.41, 5.74) is 20.3. The van der Waals surface area contributed by atoms with E-state index in [0.29, 0.717) is 61.9 Å². The topological polar surface area (TPSA) is 261 Å². The number of carboxylic acid groups (broad SMARTS) is 1. The van der Waals surface area contributed by atoms with Crippen LogP contribution in [0.25, 0.3) is 0 Å². The lowest BCUT2D eigenvalue weighted by Gasteiger charge is -2.27. The standard InChI is InChI=1S/C48H62N8O7/c49-27-15-13-25-37(51)43(57)53-39(29-33-17-5-1-6-18-33)45(59)55-41(31-35-21-9-3-10-22-35)47(61)56-42(32-36-23-11-4-12-24-36)46(60)54-40(30-34-19-7-2-8-20-34)44(58)52-38(48(62)63)26-14-16-28-50/h1-12,17-24,37-42H,13-16,25-32,49-51H2,(H,52,58)(H,53,57)(H,54,60)(H,55,59)(H,56,61)(H,62,63)/t37-,38-,39-,40-,41-,42-/m0/s1. The molecule has 4 aromatic rings. The third-order valence-electron chi connectivity index (χ3n) is 10.5. The largest absolute Gasteiger partial charge is 0.480 e. The number of unbranched alkanes of at least 4 members (excludes halogenated alkanes) is 2. The summed E-state index contributed by atoms with van der Waals surface area (Å²) in [6.45, 7) is 0.825. The molecular weight excluding hydrogens is 801 g/mol. The average molecular weight is 863 g/mol. The van der Waals surface area contributed by atoms with Crippen LogP contribution >= 0.6 is 0 Å². The fourth-order valence-electron chi connectivity index (χ4n) is 6.99. The summed E-state index contributed by atoms with van der Waals surface area (Å²) in [5, 5.41) is 23.8. The molecule has 0 spiro atoms. The molecule has 0 aliphatic heterocycles. The van der Waals surface area contributed by atoms with Crippen LogP contribution in [0.1, 0.15) is 60.8 Å². The second kappa shape index (κ2) is 26.8. The number of amides is 5. The molecule has 63 heavy (non-hydrogen) atoms. The van der Waals surface area contributed by atoms with Crippen molar-refractivity contribution in [3.8, 4) is 0 Å². The molecule has 0 aliphatic carbocycles. The number of aliphatic carboxylic acids is 1. The highest BCUT2D eigenvalue weighted by Gasteiger charge is 2.33. The van der Waals surface area contributed by atoms with Crippen LogP contribution in [0.2, 0.25) is 0 Å². The van der Waals surface area contributed by atoms with E-state index in [4.69, 9.17) is 17.2 Å². The summed E-state index contributed by atoms with van der Waals surface area (Å²) < 4.78 is 0. The molecule has 0 aliphatic rings. The quantitative estimate of drug-likeness (QED) is 0.0394. The molecule has 4 rings (SSSR count). The van der Waals surface area contributed by atoms with Gasteiger partial charge in [-0.1, -0.05) is 128 Å². The van der Waals surface area contributed by atoms with Crippen molar-refractivity contribution in [1.29, 1.82) is 0 Å². The molecule has 5 amide bonds. The number of carbonyl (C=O) groups excluding carboxylic acids is 5. The van der Waals surface area contributed by atoms with Crippen LogP contribution in [0.4, 0.5) is 0 Å². The number of rotatable bonds is 27. The first kappa shape index (κ1) is 49.2. The first-order chi connectivity index (χ1) is 30.5. The van der Waals surface area contributed by atoms with Crippen LogP contribution in [0, 0.1) is 0 Å². The van der Waals surface area contributed by atoms with Gasteiger partial charge in [0.25, 0.3) is 0 Å². The second-order valence-electron chi connectivity index (χ2n) is 15.6. The van der Waals surface area contributed by atoms with E-state index < -0.39 is 71.8 Å². The fraction of sp³-hybridized carbons (Fsp3) is 0.375. The van der Waals surface area contributed by atoms with Crippen LogP contribution in [0.5, 0.6) is 0 Å². The number of hydrogen-bond donors (Lipinski definition) is 9. The first-order valence-corrected chi connectivity index (χ1v) is 21.5. The number of hydrogen-bond acceptors (Lipinski definition) is 9. The normalized spacial score (nSPS) is 13.8. The molecule has 15 heteroatoms. The van der Waals surface area contributed by atoms with Gasteiger partial charge in [0.1, 0.15) is 30.2 Å². The number of benzene rings is 4. The molecule has 0 bridgehead atoms. The Labute approximate surface area is 369 Å². The number of carbonyl (C=O) groups is 6. The van der Waals surface area contributed by atoms with Crippen molar-refractivity contribution < 1.29 is 33.9 Å². The highest BCUT2D eigenvalue weighted by molar-refractivity contribution is 5.96. The van der Waals surface area contributed by atoms with Crippen molar-refractivity contribution in [3.05, 3.63) is 144 Å². The third kappa shape index (κ3) is 17.5. The Balaban J connectivity index is 1.63. The van der Waals surface area contributed by atoms with Crippen molar-refractivity contribution in [2.24, 2.45) is 17.2 Å². The average Bonchev–Trinajstić information content (AvgIpc) is 3.29. The summed E-state index contributed by atoms with van der Waals surface area (Å²) in [7, 11) is 0. The Morgan fingerprint density at radius 3 is 0.952 bits per heavy atom. The molecule has 0 unspecified atom stereocenters. The summed E-state index contributed by atoms with van der Waals surface area (Å²) in [4.78, 5) is 82.5. The lowest BCUT2D eigenvalue weighted by molar-refractivity contribution is -0.142. The molecule has 0 radical (unpaired) electrons. The van der Waals surface area contributed by atoms with Gasteiger partial charge >= 0.3 is 5.97 Å². The van der Waals surface area contributed by atoms with Crippen LogP contribution in [-0.4, -0.2) is 90.0 Å². The van der Waals surface area contributed by atoms with Crippen LogP contribution < -0.4 is 43.8 Å². The van der Waals surface area contributed by atoms with Gasteiger partial charge in [-0.3, -0.25) is 24.0 Å². The maximum atomic E-state index is 14.5. The monoisotopic (exact) mass is 862 g/mol. The minimum absolute atomic E-state index is 0.00959. The Morgan fingerprint density at radius 2 is 0.667 bits per heavy atom. The van der Waals surface area contributed by atoms with Crippen LogP contribution in [-0.2, 0) is 54.5 Å². The zero-order valence-electron chi connectivity index (χ0n) is 35.6. The van der Waals surface area contributed by atoms with Gasteiger partial charge in [0.05, 0.1) is 6.04 Å². The highest BCUT2D eigenvalue weighted by Crippen LogP contribution is 2.12. The summed E-state index contributed by atoms with van der Waals surface area (Å²) in [6, 6.07) is 29.1. The number of carboxylic acids is 1. The second-order valence-corrected chi connectivity index (χ2v) is 15.6. The maximum Gasteiger partial charge on any atom is 0.326 e. The lowest BCUT2D eigenvalue weighted by atomic mass is 10.00. The van der Waals surface area contributed by atoms with Gasteiger partial charge < -0.3 is 48.9 Å². The molecule has 336 valence electrons. The lowest BCUT2D eigenvalue weighted by Crippen LogP contribution is -2.60. The Hall–Kier alpha value is -6.42. The first-order valence-electron chi connectivity index (χ1n) is 21.5. The smallest absolute Gasteiger partial charge is 0.326 e. The minimum atomic E-state index is -1.26. The Kier molecular flexibility index (Phi) is 21.0. The van der Waals surface area contributed by atoms with E-state index in [9.17, 15) is 33.9 Å². The van der Waals surface area contributed by atoms with E-state index >= 15 is 0 Å². The molecule has 0 heterocycles. The molecule has 0 saturated carbocycles. The van der Waals surface area contributed by atoms with E-state index in [1.807, 2.05) is 48.5 Å². The molecule has 4 aromatic carbocycles. The van der Waals surface area contributed by atoms with Crippen molar-refractivity contribution >= 4 is 35.5 Å². The van der Waals surface area contributed by atoms with E-state index in [1.54, 1.807) is 72.8 Å². The van der Waals surface area contributed by atoms with Gasteiger partial charge in [-0.25, -0.2) is 4.79 Å². The molecule has 0 fully saturated rings. The SMILES string of the molecule is NCCCC[C@H](NC(=O)[C@H](Cc1ccccc1)NC(=O)[C@H](Cc1ccccc1)NC(=O)[C@H](Cc1ccccc1)NC(=O)[C@H](Cc1ccccc1)NC(=O)[C@@H](N)CCCCN)C(=O)O. The predicted octanol–water partition coefficient (Wildman–Crippen LogP) is 2.05. The van der Waals surface area contributed by atoms with E-state index in [-0.39, 0.29) is 32.1 Å². The van der Waals surface area contributed by atoms with Crippen molar-refractivity contribution in [2.75, 3.05) is 13.1 Å². The van der Waals surface area contributed by atoms with Crippen molar-refractivity contribution in [3.63, 3.8) is 0 Å². The van der Waals surface area contributed by atoms with Crippen molar-refractivity contribution in [2.45, 2.75) is 100 Å². The highest BCUT2D eigenvalue weighted by atomic mass is 16.4. The van der Waals surface area contributed by atoms with E-state index in [1.165, 1.54) is 0 Å². The Bertz CT molecular complexity index is 2030. The number of nitrogens with one attached hydrogen (secondary N) is 5. The molecular formula is C48H62N8O7. The molecule has 6 atom stereocenters. The zero-order chi connectivity index (χ0) is 45.4. The van der Waals surface area contributed by atoms with Gasteiger partial charge in [0.2, 0.25) is 29.5 Å². The molecule has 0 aromatic heterocycles. The van der Waals surface area contributed by atoms with E-state index in [0.717, 1.165) is 5.56 Å². The fourth-order valence-corrected chi connectivity index (χ4v) is 6.99. The number of nitrogens with two attached hydrogens (primary N) is 3. The summed E-state index contributed by atoms with van der Waals surface area (Å²) in [6.07, 6.45) is 3.05. The summed E-state index contributed by atoms with van der Waals surface area (Å²) >= 11 is 0. The van der Waals surface area contributed by atoms with Gasteiger partial charge in [0, 0.05) is 25.7 Å². The third-order valence-corrected chi connectivity index (χ3v) is 10.5. The van der Waals surface area contributed by atoms with E-state index in [2.05, 4.69) is 26.6 Å². The minimum Gasteiger partial charge on any atom is -0.480 e. The van der Waals surface area contributed by atoms with Gasteiger partial charge in [0.15, 0.2) is 0 Å². The van der Waals surface area contributed by atoms with Crippen molar-refractivity contribution in [1.82, 2.24) is 26.6 Å². The van der Waals surface area contributed by atoms with Gasteiger partial charge in [-0.15, -0.1) is 0 Å². The molecule has 0 saturated heterocycles. The molecule has 12 N–H and O–H groups in total. The zero-order valence-corrected chi connectivity index (χ0v) is 35.6. The summed E-state index contributed by atoms with van der Waals surface area (Å²) in [5.74, 6) is -4.49. The maximum absolute atomic E-state index is 14.5. The van der Waals surface area contributed by atoms with Crippen LogP contribution in [0.3, 0.4) is 0 Å². The van der Waals surface area contributed by atoms with Gasteiger partial charge in [-0.2, -0.15) is 0 Å². The van der Waals surface area contributed by atoms with Gasteiger partial charge in [-0.05, 0) is 67.4 Å². The molecule has 15 nitrogen and oxygen atoms in total. The van der Waals surface area contributed by atoms with Crippen LogP contribution in [0.15, 0.2) is 121 Å².